The molecule has 4 rings (SSSR count). The van der Waals surface area contributed by atoms with Crippen LogP contribution in [0.2, 0.25) is 0 Å². The van der Waals surface area contributed by atoms with Gasteiger partial charge in [-0.25, -0.2) is 0 Å². The van der Waals surface area contributed by atoms with E-state index in [2.05, 4.69) is 46.4 Å². The molecule has 0 bridgehead atoms. The average Bonchev–Trinajstić information content (AvgIpc) is 3.35. The van der Waals surface area contributed by atoms with Crippen LogP contribution in [0.15, 0.2) is 48.8 Å². The second-order valence-electron chi connectivity index (χ2n) is 10.2. The Bertz CT molecular complexity index is 992. The first kappa shape index (κ1) is 26.3. The smallest absolute Gasteiger partial charge is 0.256 e. The van der Waals surface area contributed by atoms with Gasteiger partial charge in [-0.3, -0.25) is 19.5 Å². The molecule has 1 saturated heterocycles. The van der Waals surface area contributed by atoms with Gasteiger partial charge in [-0.15, -0.1) is 0 Å². The predicted octanol–water partition coefficient (Wildman–Crippen LogP) is 2.51. The van der Waals surface area contributed by atoms with E-state index in [-0.39, 0.29) is 29.9 Å². The van der Waals surface area contributed by atoms with Crippen LogP contribution in [-0.4, -0.2) is 77.6 Å². The zero-order valence-corrected chi connectivity index (χ0v) is 21.4. The number of aromatic nitrogens is 1. The first-order valence-electron chi connectivity index (χ1n) is 13.0. The maximum absolute atomic E-state index is 13.5. The number of amides is 2. The van der Waals surface area contributed by atoms with Crippen molar-refractivity contribution in [1.82, 2.24) is 20.1 Å². The van der Waals surface area contributed by atoms with Crippen molar-refractivity contribution < 1.29 is 14.3 Å². The van der Waals surface area contributed by atoms with Crippen LogP contribution in [0.1, 0.15) is 53.6 Å². The zero-order valence-electron chi connectivity index (χ0n) is 21.4. The number of hydrogen-bond donors (Lipinski definition) is 2. The molecule has 2 fully saturated rings. The number of ether oxygens (including phenoxy) is 1. The fourth-order valence-corrected chi connectivity index (χ4v) is 5.29. The van der Waals surface area contributed by atoms with Gasteiger partial charge in [-0.2, -0.15) is 0 Å². The maximum Gasteiger partial charge on any atom is 0.256 e. The lowest BCUT2D eigenvalue weighted by atomic mass is 9.91. The normalized spacial score (nSPS) is 24.2. The lowest BCUT2D eigenvalue weighted by Gasteiger charge is -2.30. The fraction of sp³-hybridized carbons (Fsp3) is 0.536. The van der Waals surface area contributed by atoms with Crippen molar-refractivity contribution in [1.29, 1.82) is 0 Å². The van der Waals surface area contributed by atoms with Gasteiger partial charge in [-0.05, 0) is 56.7 Å². The molecule has 8 nitrogen and oxygen atoms in total. The molecule has 1 aliphatic heterocycles. The Hall–Kier alpha value is -2.81. The van der Waals surface area contributed by atoms with Gasteiger partial charge in [0.2, 0.25) is 5.91 Å². The third-order valence-corrected chi connectivity index (χ3v) is 7.47. The highest BCUT2D eigenvalue weighted by atomic mass is 16.5. The van der Waals surface area contributed by atoms with Crippen molar-refractivity contribution in [3.63, 3.8) is 0 Å². The Morgan fingerprint density at radius 3 is 2.58 bits per heavy atom. The SMILES string of the molecule is COCCN(Cc1ccc(C)cc1)C1CC(C(=O)NC2CCC(N)CC2)N(C(=O)c2cccnc2)C1. The number of nitrogens with zero attached hydrogens (tertiary/aromatic N) is 3. The highest BCUT2D eigenvalue weighted by Gasteiger charge is 2.42. The number of methoxy groups -OCH3 is 1. The molecule has 8 heteroatoms. The number of likely N-dealkylation sites (tertiary alicyclic amines) is 1. The van der Waals surface area contributed by atoms with Crippen molar-refractivity contribution in [2.75, 3.05) is 26.8 Å². The van der Waals surface area contributed by atoms with Crippen molar-refractivity contribution >= 4 is 11.8 Å². The number of aryl methyl sites for hydroxylation is 1. The van der Waals surface area contributed by atoms with Crippen LogP contribution in [0.5, 0.6) is 0 Å². The highest BCUT2D eigenvalue weighted by molar-refractivity contribution is 5.97. The van der Waals surface area contributed by atoms with E-state index in [0.29, 0.717) is 25.1 Å². The van der Waals surface area contributed by atoms with E-state index >= 15 is 0 Å². The van der Waals surface area contributed by atoms with Gasteiger partial charge in [0.25, 0.3) is 5.91 Å². The standard InChI is InChI=1S/C28H39N5O3/c1-20-5-7-21(8-6-20)18-32(14-15-36-2)25-16-26(27(34)31-24-11-9-23(29)10-12-24)33(19-25)28(35)22-4-3-13-30-17-22/h3-8,13,17,23-26H,9-12,14-16,18-19,29H2,1-2H3,(H,31,34). The Balaban J connectivity index is 1.53. The third-order valence-electron chi connectivity index (χ3n) is 7.47. The number of benzene rings is 1. The van der Waals surface area contributed by atoms with Gasteiger partial charge in [0.15, 0.2) is 0 Å². The van der Waals surface area contributed by atoms with Gasteiger partial charge in [0, 0.05) is 57.3 Å². The summed E-state index contributed by atoms with van der Waals surface area (Å²) in [4.78, 5) is 35.2. The number of pyridine rings is 1. The molecule has 2 heterocycles. The van der Waals surface area contributed by atoms with E-state index in [1.165, 1.54) is 11.1 Å². The van der Waals surface area contributed by atoms with Crippen LogP contribution >= 0.6 is 0 Å². The molecule has 36 heavy (non-hydrogen) atoms. The van der Waals surface area contributed by atoms with Crippen LogP contribution in [0.25, 0.3) is 0 Å². The number of carbonyl (C=O) groups excluding carboxylic acids is 2. The van der Waals surface area contributed by atoms with Crippen molar-refractivity contribution in [3.05, 3.63) is 65.5 Å². The largest absolute Gasteiger partial charge is 0.383 e. The van der Waals surface area contributed by atoms with E-state index in [1.807, 2.05) is 0 Å². The van der Waals surface area contributed by atoms with Crippen molar-refractivity contribution in [3.8, 4) is 0 Å². The topological polar surface area (TPSA) is 101 Å². The molecule has 2 aromatic rings. The number of carbonyl (C=O) groups is 2. The van der Waals surface area contributed by atoms with E-state index in [1.54, 1.807) is 36.5 Å². The summed E-state index contributed by atoms with van der Waals surface area (Å²) in [5, 5.41) is 3.23. The van der Waals surface area contributed by atoms with Gasteiger partial charge in [-0.1, -0.05) is 29.8 Å². The summed E-state index contributed by atoms with van der Waals surface area (Å²) in [7, 11) is 1.70. The molecule has 2 atom stereocenters. The average molecular weight is 494 g/mol. The number of rotatable bonds is 9. The first-order chi connectivity index (χ1) is 17.4. The third kappa shape index (κ3) is 6.69. The summed E-state index contributed by atoms with van der Waals surface area (Å²) >= 11 is 0. The molecular weight excluding hydrogens is 454 g/mol. The first-order valence-corrected chi connectivity index (χ1v) is 13.0. The summed E-state index contributed by atoms with van der Waals surface area (Å²) in [5.41, 5.74) is 8.97. The van der Waals surface area contributed by atoms with Crippen molar-refractivity contribution in [2.45, 2.75) is 69.7 Å². The Kier molecular flexibility index (Phi) is 9.07. The molecule has 2 unspecified atom stereocenters. The molecule has 3 N–H and O–H groups in total. The Labute approximate surface area is 214 Å². The molecule has 1 saturated carbocycles. The summed E-state index contributed by atoms with van der Waals surface area (Å²) < 4.78 is 5.40. The fourth-order valence-electron chi connectivity index (χ4n) is 5.29. The highest BCUT2D eigenvalue weighted by Crippen LogP contribution is 2.27. The second-order valence-corrected chi connectivity index (χ2v) is 10.2. The molecule has 2 amide bonds. The molecular formula is C28H39N5O3. The lowest BCUT2D eigenvalue weighted by molar-refractivity contribution is -0.125. The maximum atomic E-state index is 13.5. The van der Waals surface area contributed by atoms with Crippen LogP contribution < -0.4 is 11.1 Å². The summed E-state index contributed by atoms with van der Waals surface area (Å²) in [5.74, 6) is -0.226. The molecule has 1 aromatic carbocycles. The Morgan fingerprint density at radius 2 is 1.92 bits per heavy atom. The van der Waals surface area contributed by atoms with Gasteiger partial charge in [0.05, 0.1) is 12.2 Å². The van der Waals surface area contributed by atoms with Crippen LogP contribution in [-0.2, 0) is 16.1 Å². The summed E-state index contributed by atoms with van der Waals surface area (Å²) in [6.07, 6.45) is 7.40. The lowest BCUT2D eigenvalue weighted by Crippen LogP contribution is -2.50. The van der Waals surface area contributed by atoms with Gasteiger partial charge < -0.3 is 20.7 Å². The van der Waals surface area contributed by atoms with Gasteiger partial charge >= 0.3 is 0 Å². The molecule has 1 aliphatic carbocycles. The van der Waals surface area contributed by atoms with Crippen LogP contribution in [0.3, 0.4) is 0 Å². The van der Waals surface area contributed by atoms with E-state index in [4.69, 9.17) is 10.5 Å². The van der Waals surface area contributed by atoms with E-state index in [0.717, 1.165) is 38.8 Å². The predicted molar refractivity (Wildman–Crippen MR) is 139 cm³/mol. The molecule has 0 radical (unpaired) electrons. The molecule has 1 aromatic heterocycles. The van der Waals surface area contributed by atoms with Gasteiger partial charge in [0.1, 0.15) is 6.04 Å². The molecule has 0 spiro atoms. The van der Waals surface area contributed by atoms with E-state index in [9.17, 15) is 9.59 Å². The molecule has 194 valence electrons. The number of nitrogens with two attached hydrogens (primary N) is 1. The summed E-state index contributed by atoms with van der Waals surface area (Å²) in [6, 6.07) is 11.9. The number of hydrogen-bond acceptors (Lipinski definition) is 6. The minimum Gasteiger partial charge on any atom is -0.383 e. The zero-order chi connectivity index (χ0) is 25.5. The number of nitrogens with one attached hydrogen (secondary N) is 1. The monoisotopic (exact) mass is 493 g/mol. The van der Waals surface area contributed by atoms with E-state index < -0.39 is 6.04 Å². The summed E-state index contributed by atoms with van der Waals surface area (Å²) in [6.45, 7) is 4.60. The Morgan fingerprint density at radius 1 is 1.17 bits per heavy atom. The quantitative estimate of drug-likeness (QED) is 0.557. The van der Waals surface area contributed by atoms with Crippen molar-refractivity contribution in [2.24, 2.45) is 5.73 Å². The second kappa shape index (κ2) is 12.4. The van der Waals surface area contributed by atoms with Crippen LogP contribution in [0, 0.1) is 6.92 Å². The minimum atomic E-state index is -0.527. The van der Waals surface area contributed by atoms with Crippen LogP contribution in [0.4, 0.5) is 0 Å². The minimum absolute atomic E-state index is 0.0394. The molecule has 2 aliphatic rings.